The Morgan fingerprint density at radius 2 is 2.39 bits per heavy atom. The Labute approximate surface area is 115 Å². The lowest BCUT2D eigenvalue weighted by molar-refractivity contribution is 0.219. The summed E-state index contributed by atoms with van der Waals surface area (Å²) in [7, 11) is 0. The van der Waals surface area contributed by atoms with Crippen LogP contribution in [-0.2, 0) is 6.54 Å². The van der Waals surface area contributed by atoms with Gasteiger partial charge in [-0.05, 0) is 18.4 Å². The summed E-state index contributed by atoms with van der Waals surface area (Å²) in [6, 6.07) is 2.58. The molecule has 1 atom stereocenters. The van der Waals surface area contributed by atoms with Crippen LogP contribution in [0.5, 0.6) is 0 Å². The number of fused-ring (bicyclic) bond motifs is 1. The highest BCUT2D eigenvalue weighted by Crippen LogP contribution is 2.24. The van der Waals surface area contributed by atoms with E-state index in [0.29, 0.717) is 11.9 Å². The standard InChI is InChI=1S/C12H16N4S2/c1-8-7-17-5-3-16(8)6-10-14-11(13)9-2-4-18-12(9)15-10/h2,4,8H,3,5-7H2,1H3,(H2,13,14,15). The Hall–Kier alpha value is -0.850. The minimum absolute atomic E-state index is 0.590. The molecule has 0 aromatic carbocycles. The quantitative estimate of drug-likeness (QED) is 0.914. The fourth-order valence-corrected chi connectivity index (χ4v) is 4.05. The van der Waals surface area contributed by atoms with Gasteiger partial charge < -0.3 is 5.73 Å². The zero-order valence-electron chi connectivity index (χ0n) is 10.3. The summed E-state index contributed by atoms with van der Waals surface area (Å²) in [5.41, 5.74) is 5.97. The van der Waals surface area contributed by atoms with E-state index in [2.05, 4.69) is 21.8 Å². The molecule has 2 N–H and O–H groups in total. The van der Waals surface area contributed by atoms with Gasteiger partial charge in [0.15, 0.2) is 0 Å². The average molecular weight is 280 g/mol. The molecule has 1 aliphatic rings. The lowest BCUT2D eigenvalue weighted by atomic mass is 10.3. The van der Waals surface area contributed by atoms with Crippen molar-refractivity contribution < 1.29 is 0 Å². The fourth-order valence-electron chi connectivity index (χ4n) is 2.17. The molecule has 0 saturated carbocycles. The molecule has 1 aliphatic heterocycles. The SMILES string of the molecule is CC1CSCCN1Cc1nc(N)c2ccsc2n1. The molecule has 96 valence electrons. The van der Waals surface area contributed by atoms with E-state index in [4.69, 9.17) is 5.73 Å². The lowest BCUT2D eigenvalue weighted by Gasteiger charge is -2.32. The van der Waals surface area contributed by atoms with Gasteiger partial charge in [-0.15, -0.1) is 11.3 Å². The zero-order chi connectivity index (χ0) is 12.5. The second kappa shape index (κ2) is 5.03. The molecule has 1 unspecified atom stereocenters. The van der Waals surface area contributed by atoms with Crippen molar-refractivity contribution in [1.82, 2.24) is 14.9 Å². The highest BCUT2D eigenvalue weighted by atomic mass is 32.2. The van der Waals surface area contributed by atoms with E-state index < -0.39 is 0 Å². The maximum absolute atomic E-state index is 5.97. The molecule has 2 aromatic heterocycles. The van der Waals surface area contributed by atoms with Crippen LogP contribution in [0.15, 0.2) is 11.4 Å². The minimum atomic E-state index is 0.590. The molecule has 1 fully saturated rings. The first-order valence-corrected chi connectivity index (χ1v) is 8.09. The molecule has 4 nitrogen and oxygen atoms in total. The van der Waals surface area contributed by atoms with E-state index in [1.807, 2.05) is 23.2 Å². The van der Waals surface area contributed by atoms with Gasteiger partial charge in [0.25, 0.3) is 0 Å². The number of nitrogens with two attached hydrogens (primary N) is 1. The third kappa shape index (κ3) is 2.32. The van der Waals surface area contributed by atoms with Crippen molar-refractivity contribution in [3.8, 4) is 0 Å². The molecule has 0 aliphatic carbocycles. The summed E-state index contributed by atoms with van der Waals surface area (Å²) in [5.74, 6) is 3.84. The number of nitrogens with zero attached hydrogens (tertiary/aromatic N) is 3. The van der Waals surface area contributed by atoms with Crippen LogP contribution in [0.25, 0.3) is 10.2 Å². The number of thiophene rings is 1. The fraction of sp³-hybridized carbons (Fsp3) is 0.500. The highest BCUT2D eigenvalue weighted by molar-refractivity contribution is 7.99. The molecule has 0 amide bonds. The van der Waals surface area contributed by atoms with Gasteiger partial charge >= 0.3 is 0 Å². The summed E-state index contributed by atoms with van der Waals surface area (Å²) >= 11 is 3.64. The summed E-state index contributed by atoms with van der Waals surface area (Å²) in [6.45, 7) is 4.18. The smallest absolute Gasteiger partial charge is 0.146 e. The third-order valence-corrected chi connectivity index (χ3v) is 5.25. The predicted molar refractivity (Wildman–Crippen MR) is 79.0 cm³/mol. The van der Waals surface area contributed by atoms with Crippen molar-refractivity contribution in [2.75, 3.05) is 23.8 Å². The van der Waals surface area contributed by atoms with Crippen LogP contribution < -0.4 is 5.73 Å². The maximum atomic E-state index is 5.97. The Kier molecular flexibility index (Phi) is 3.41. The molecule has 0 spiro atoms. The van der Waals surface area contributed by atoms with E-state index >= 15 is 0 Å². The van der Waals surface area contributed by atoms with Crippen LogP contribution >= 0.6 is 23.1 Å². The zero-order valence-corrected chi connectivity index (χ0v) is 11.9. The molecule has 0 bridgehead atoms. The van der Waals surface area contributed by atoms with E-state index in [1.54, 1.807) is 11.3 Å². The number of hydrogen-bond donors (Lipinski definition) is 1. The number of rotatable bonds is 2. The lowest BCUT2D eigenvalue weighted by Crippen LogP contribution is -2.40. The molecule has 0 radical (unpaired) electrons. The van der Waals surface area contributed by atoms with Crippen LogP contribution in [-0.4, -0.2) is 39.0 Å². The summed E-state index contributed by atoms with van der Waals surface area (Å²) in [5, 5.41) is 2.99. The van der Waals surface area contributed by atoms with Crippen molar-refractivity contribution in [1.29, 1.82) is 0 Å². The molecule has 6 heteroatoms. The number of anilines is 1. The summed E-state index contributed by atoms with van der Waals surface area (Å²) in [4.78, 5) is 12.5. The first kappa shape index (κ1) is 12.2. The Morgan fingerprint density at radius 1 is 1.50 bits per heavy atom. The Balaban J connectivity index is 1.85. The number of aromatic nitrogens is 2. The summed E-state index contributed by atoms with van der Waals surface area (Å²) < 4.78 is 0. The van der Waals surface area contributed by atoms with E-state index in [1.165, 1.54) is 11.5 Å². The molecular formula is C12H16N4S2. The monoisotopic (exact) mass is 280 g/mol. The first-order chi connectivity index (χ1) is 8.74. The van der Waals surface area contributed by atoms with Gasteiger partial charge in [0.05, 0.1) is 11.9 Å². The van der Waals surface area contributed by atoms with Crippen LogP contribution in [0.3, 0.4) is 0 Å². The molecular weight excluding hydrogens is 264 g/mol. The number of thioether (sulfide) groups is 1. The van der Waals surface area contributed by atoms with E-state index in [0.717, 1.165) is 29.1 Å². The van der Waals surface area contributed by atoms with Crippen molar-refractivity contribution in [2.45, 2.75) is 19.5 Å². The third-order valence-electron chi connectivity index (χ3n) is 3.25. The van der Waals surface area contributed by atoms with Crippen molar-refractivity contribution in [2.24, 2.45) is 0 Å². The average Bonchev–Trinajstić information content (AvgIpc) is 2.81. The largest absolute Gasteiger partial charge is 0.383 e. The van der Waals surface area contributed by atoms with Gasteiger partial charge in [-0.1, -0.05) is 0 Å². The molecule has 2 aromatic rings. The van der Waals surface area contributed by atoms with Gasteiger partial charge in [-0.3, -0.25) is 4.90 Å². The van der Waals surface area contributed by atoms with Gasteiger partial charge in [-0.2, -0.15) is 11.8 Å². The van der Waals surface area contributed by atoms with E-state index in [9.17, 15) is 0 Å². The van der Waals surface area contributed by atoms with Gasteiger partial charge in [0.1, 0.15) is 16.5 Å². The normalized spacial score (nSPS) is 21.5. The minimum Gasteiger partial charge on any atom is -0.383 e. The van der Waals surface area contributed by atoms with Gasteiger partial charge in [0, 0.05) is 24.1 Å². The molecule has 3 heterocycles. The van der Waals surface area contributed by atoms with Crippen LogP contribution in [0.1, 0.15) is 12.7 Å². The summed E-state index contributed by atoms with van der Waals surface area (Å²) in [6.07, 6.45) is 0. The highest BCUT2D eigenvalue weighted by Gasteiger charge is 2.20. The second-order valence-corrected chi connectivity index (χ2v) is 6.60. The number of nitrogen functional groups attached to an aromatic ring is 1. The molecule has 3 rings (SSSR count). The molecule has 18 heavy (non-hydrogen) atoms. The van der Waals surface area contributed by atoms with Crippen LogP contribution in [0, 0.1) is 0 Å². The van der Waals surface area contributed by atoms with Crippen LogP contribution in [0.2, 0.25) is 0 Å². The first-order valence-electron chi connectivity index (χ1n) is 6.05. The van der Waals surface area contributed by atoms with Gasteiger partial charge in [0.2, 0.25) is 0 Å². The van der Waals surface area contributed by atoms with Crippen LogP contribution in [0.4, 0.5) is 5.82 Å². The van der Waals surface area contributed by atoms with Gasteiger partial charge in [-0.25, -0.2) is 9.97 Å². The Morgan fingerprint density at radius 3 is 3.22 bits per heavy atom. The maximum Gasteiger partial charge on any atom is 0.146 e. The van der Waals surface area contributed by atoms with Crippen molar-refractivity contribution in [3.63, 3.8) is 0 Å². The number of hydrogen-bond acceptors (Lipinski definition) is 6. The van der Waals surface area contributed by atoms with Crippen molar-refractivity contribution in [3.05, 3.63) is 17.3 Å². The predicted octanol–water partition coefficient (Wildman–Crippen LogP) is 2.21. The van der Waals surface area contributed by atoms with Crippen molar-refractivity contribution >= 4 is 39.1 Å². The van der Waals surface area contributed by atoms with E-state index in [-0.39, 0.29) is 0 Å². The topological polar surface area (TPSA) is 55.0 Å². The Bertz CT molecular complexity index is 554. The second-order valence-electron chi connectivity index (χ2n) is 4.56. The molecule has 1 saturated heterocycles.